The predicted octanol–water partition coefficient (Wildman–Crippen LogP) is -0.277. The van der Waals surface area contributed by atoms with Crippen LogP contribution in [0.25, 0.3) is 0 Å². The number of rotatable bonds is 0. The Balaban J connectivity index is 2.20. The van der Waals surface area contributed by atoms with Crippen LogP contribution in [-0.4, -0.2) is 17.5 Å². The SMILES string of the molecule is CC1O[C@H]1O. The zero-order valence-electron chi connectivity index (χ0n) is 3.01. The van der Waals surface area contributed by atoms with Crippen molar-refractivity contribution in [2.24, 2.45) is 0 Å². The molecule has 0 aromatic rings. The van der Waals surface area contributed by atoms with Gasteiger partial charge in [-0.25, -0.2) is 0 Å². The Hall–Kier alpha value is -0.0800. The van der Waals surface area contributed by atoms with Gasteiger partial charge in [-0.1, -0.05) is 0 Å². The molecule has 0 aromatic carbocycles. The molecule has 0 radical (unpaired) electrons. The van der Waals surface area contributed by atoms with Gasteiger partial charge in [-0.2, -0.15) is 0 Å². The monoisotopic (exact) mass is 74.0 g/mol. The minimum absolute atomic E-state index is 0.106. The van der Waals surface area contributed by atoms with Crippen molar-refractivity contribution in [3.05, 3.63) is 0 Å². The second-order valence-electron chi connectivity index (χ2n) is 1.23. The highest BCUT2D eigenvalue weighted by Gasteiger charge is 2.30. The van der Waals surface area contributed by atoms with Crippen LogP contribution in [0.2, 0.25) is 0 Å². The maximum absolute atomic E-state index is 8.21. The Labute approximate surface area is 30.4 Å². The minimum Gasteiger partial charge on any atom is -0.366 e. The summed E-state index contributed by atoms with van der Waals surface area (Å²) in [4.78, 5) is 0. The van der Waals surface area contributed by atoms with E-state index in [0.717, 1.165) is 0 Å². The van der Waals surface area contributed by atoms with Crippen molar-refractivity contribution in [1.82, 2.24) is 0 Å². The van der Waals surface area contributed by atoms with Gasteiger partial charge in [0, 0.05) is 0 Å². The quantitative estimate of drug-likeness (QED) is 0.401. The van der Waals surface area contributed by atoms with Crippen molar-refractivity contribution >= 4 is 0 Å². The summed E-state index contributed by atoms with van der Waals surface area (Å²) in [5.41, 5.74) is 0. The van der Waals surface area contributed by atoms with Crippen molar-refractivity contribution in [3.63, 3.8) is 0 Å². The molecule has 0 aromatic heterocycles. The Morgan fingerprint density at radius 1 is 1.80 bits per heavy atom. The largest absolute Gasteiger partial charge is 0.366 e. The maximum Gasteiger partial charge on any atom is 0.181 e. The molecule has 1 N–H and O–H groups in total. The first-order valence-electron chi connectivity index (χ1n) is 1.64. The lowest BCUT2D eigenvalue weighted by Crippen LogP contribution is -1.80. The lowest BCUT2D eigenvalue weighted by Gasteiger charge is -1.59. The van der Waals surface area contributed by atoms with Crippen LogP contribution in [0, 0.1) is 0 Å². The van der Waals surface area contributed by atoms with Crippen molar-refractivity contribution in [3.8, 4) is 0 Å². The molecule has 0 spiro atoms. The number of aliphatic hydroxyl groups excluding tert-OH is 1. The Morgan fingerprint density at radius 3 is 2.00 bits per heavy atom. The van der Waals surface area contributed by atoms with Crippen LogP contribution in [-0.2, 0) is 4.74 Å². The summed E-state index contributed by atoms with van der Waals surface area (Å²) in [5, 5.41) is 8.21. The summed E-state index contributed by atoms with van der Waals surface area (Å²) in [5.74, 6) is 0. The molecule has 5 heavy (non-hydrogen) atoms. The van der Waals surface area contributed by atoms with E-state index in [4.69, 9.17) is 5.11 Å². The summed E-state index contributed by atoms with van der Waals surface area (Å²) in [6, 6.07) is 0. The van der Waals surface area contributed by atoms with Crippen LogP contribution in [0.5, 0.6) is 0 Å². The minimum atomic E-state index is -0.449. The molecule has 1 rings (SSSR count). The summed E-state index contributed by atoms with van der Waals surface area (Å²) < 4.78 is 4.47. The van der Waals surface area contributed by atoms with E-state index in [-0.39, 0.29) is 6.10 Å². The fraction of sp³-hybridized carbons (Fsp3) is 1.00. The van der Waals surface area contributed by atoms with E-state index < -0.39 is 6.29 Å². The van der Waals surface area contributed by atoms with Crippen LogP contribution in [0.15, 0.2) is 0 Å². The third-order valence-electron chi connectivity index (χ3n) is 0.679. The van der Waals surface area contributed by atoms with Crippen LogP contribution in [0.4, 0.5) is 0 Å². The van der Waals surface area contributed by atoms with Crippen LogP contribution in [0.3, 0.4) is 0 Å². The summed E-state index contributed by atoms with van der Waals surface area (Å²) in [6.45, 7) is 1.82. The molecule has 1 fully saturated rings. The fourth-order valence-electron chi connectivity index (χ4n) is 0.175. The molecule has 30 valence electrons. The standard InChI is InChI=1S/C3H6O2/c1-2-3(4)5-2/h2-4H,1H3/t2?,3-/m1/s1. The number of hydrogen-bond donors (Lipinski definition) is 1. The van der Waals surface area contributed by atoms with Gasteiger partial charge in [0.1, 0.15) is 6.10 Å². The summed E-state index contributed by atoms with van der Waals surface area (Å²) >= 11 is 0. The van der Waals surface area contributed by atoms with E-state index in [9.17, 15) is 0 Å². The highest BCUT2D eigenvalue weighted by Crippen LogP contribution is 2.15. The number of epoxide rings is 1. The first-order chi connectivity index (χ1) is 2.30. The highest BCUT2D eigenvalue weighted by molar-refractivity contribution is 4.66. The summed E-state index contributed by atoms with van der Waals surface area (Å²) in [6.07, 6.45) is -0.343. The molecular weight excluding hydrogens is 68.0 g/mol. The highest BCUT2D eigenvalue weighted by atomic mass is 16.7. The summed E-state index contributed by atoms with van der Waals surface area (Å²) in [7, 11) is 0. The molecule has 1 heterocycles. The lowest BCUT2D eigenvalue weighted by atomic mass is 10.5. The zero-order valence-corrected chi connectivity index (χ0v) is 3.01. The maximum atomic E-state index is 8.21. The van der Waals surface area contributed by atoms with Gasteiger partial charge in [-0.05, 0) is 6.92 Å². The van der Waals surface area contributed by atoms with E-state index in [1.54, 1.807) is 0 Å². The van der Waals surface area contributed by atoms with Gasteiger partial charge < -0.3 is 9.84 Å². The van der Waals surface area contributed by atoms with Crippen molar-refractivity contribution in [2.45, 2.75) is 19.3 Å². The number of ether oxygens (including phenoxy) is 1. The van der Waals surface area contributed by atoms with Gasteiger partial charge in [0.15, 0.2) is 6.29 Å². The van der Waals surface area contributed by atoms with E-state index in [2.05, 4.69) is 4.74 Å². The van der Waals surface area contributed by atoms with Crippen molar-refractivity contribution in [2.75, 3.05) is 0 Å². The molecule has 0 aliphatic carbocycles. The second-order valence-corrected chi connectivity index (χ2v) is 1.23. The van der Waals surface area contributed by atoms with Crippen LogP contribution < -0.4 is 0 Å². The van der Waals surface area contributed by atoms with Gasteiger partial charge in [-0.3, -0.25) is 0 Å². The number of aliphatic hydroxyl groups is 1. The van der Waals surface area contributed by atoms with Gasteiger partial charge in [-0.15, -0.1) is 0 Å². The first-order valence-corrected chi connectivity index (χ1v) is 1.64. The molecule has 1 aliphatic rings. The van der Waals surface area contributed by atoms with E-state index in [0.29, 0.717) is 0 Å². The van der Waals surface area contributed by atoms with Crippen molar-refractivity contribution in [1.29, 1.82) is 0 Å². The van der Waals surface area contributed by atoms with Crippen molar-refractivity contribution < 1.29 is 9.84 Å². The van der Waals surface area contributed by atoms with Gasteiger partial charge in [0.25, 0.3) is 0 Å². The van der Waals surface area contributed by atoms with Gasteiger partial charge in [0.05, 0.1) is 0 Å². The van der Waals surface area contributed by atoms with E-state index >= 15 is 0 Å². The Bertz CT molecular complexity index is 38.2. The zero-order chi connectivity index (χ0) is 3.86. The predicted molar refractivity (Wildman–Crippen MR) is 16.6 cm³/mol. The molecule has 0 saturated carbocycles. The van der Waals surface area contributed by atoms with Crippen LogP contribution >= 0.6 is 0 Å². The fourth-order valence-corrected chi connectivity index (χ4v) is 0.175. The molecular formula is C3H6O2. The van der Waals surface area contributed by atoms with Crippen LogP contribution in [0.1, 0.15) is 6.92 Å². The molecule has 1 saturated heterocycles. The van der Waals surface area contributed by atoms with Gasteiger partial charge >= 0.3 is 0 Å². The topological polar surface area (TPSA) is 32.8 Å². The molecule has 2 nitrogen and oxygen atoms in total. The Kier molecular flexibility index (Phi) is 0.436. The lowest BCUT2D eigenvalue weighted by molar-refractivity contribution is 0.156. The Morgan fingerprint density at radius 2 is 2.00 bits per heavy atom. The van der Waals surface area contributed by atoms with Gasteiger partial charge in [0.2, 0.25) is 0 Å². The third-order valence-corrected chi connectivity index (χ3v) is 0.679. The molecule has 0 bridgehead atoms. The molecule has 2 heteroatoms. The molecule has 1 unspecified atom stereocenters. The normalized spacial score (nSPS) is 49.2. The third kappa shape index (κ3) is 0.412. The molecule has 1 aliphatic heterocycles. The van der Waals surface area contributed by atoms with E-state index in [1.807, 2.05) is 6.92 Å². The average molecular weight is 74.1 g/mol. The first kappa shape index (κ1) is 3.12. The second kappa shape index (κ2) is 0.698. The molecule has 2 atom stereocenters. The van der Waals surface area contributed by atoms with E-state index in [1.165, 1.54) is 0 Å². The molecule has 0 amide bonds. The smallest absolute Gasteiger partial charge is 0.181 e. The average Bonchev–Trinajstić information content (AvgIpc) is 1.79. The number of hydrogen-bond acceptors (Lipinski definition) is 2.